The van der Waals surface area contributed by atoms with Gasteiger partial charge < -0.3 is 4.74 Å². The summed E-state index contributed by atoms with van der Waals surface area (Å²) in [6.45, 7) is 10.5. The van der Waals surface area contributed by atoms with Gasteiger partial charge in [-0.15, -0.1) is 11.3 Å². The first-order valence-electron chi connectivity index (χ1n) is 7.11. The Bertz CT molecular complexity index is 647. The van der Waals surface area contributed by atoms with Gasteiger partial charge in [0.2, 0.25) is 5.78 Å². The number of carbonyl (C=O) groups excluding carboxylic acids is 1. The van der Waals surface area contributed by atoms with Crippen molar-refractivity contribution >= 4 is 17.1 Å². The largest absolute Gasteiger partial charge is 0.485 e. The predicted octanol–water partition coefficient (Wildman–Crippen LogP) is 4.92. The van der Waals surface area contributed by atoms with E-state index >= 15 is 0 Å². The van der Waals surface area contributed by atoms with Crippen molar-refractivity contribution in [3.05, 3.63) is 51.2 Å². The summed E-state index contributed by atoms with van der Waals surface area (Å²) < 4.78 is 5.80. The Kier molecular flexibility index (Phi) is 4.52. The van der Waals surface area contributed by atoms with Crippen molar-refractivity contribution in [3.8, 4) is 5.75 Å². The number of benzene rings is 1. The molecule has 0 aliphatic rings. The molecule has 0 aliphatic carbocycles. The summed E-state index contributed by atoms with van der Waals surface area (Å²) >= 11 is 1.65. The van der Waals surface area contributed by atoms with Crippen molar-refractivity contribution in [3.63, 3.8) is 0 Å². The van der Waals surface area contributed by atoms with E-state index in [1.54, 1.807) is 11.3 Å². The van der Waals surface area contributed by atoms with Gasteiger partial charge in [0.25, 0.3) is 0 Å². The van der Waals surface area contributed by atoms with Gasteiger partial charge in [0.1, 0.15) is 5.75 Å². The summed E-state index contributed by atoms with van der Waals surface area (Å²) in [4.78, 5) is 14.5. The van der Waals surface area contributed by atoms with Gasteiger partial charge in [-0.3, -0.25) is 4.79 Å². The topological polar surface area (TPSA) is 26.3 Å². The molecular formula is C18H22O2S. The van der Waals surface area contributed by atoms with Crippen molar-refractivity contribution in [2.45, 2.75) is 40.0 Å². The predicted molar refractivity (Wildman–Crippen MR) is 88.8 cm³/mol. The molecule has 0 saturated carbocycles. The maximum absolute atomic E-state index is 12.3. The molecule has 0 spiro atoms. The molecule has 0 fully saturated rings. The quantitative estimate of drug-likeness (QED) is 0.749. The van der Waals surface area contributed by atoms with Crippen LogP contribution in [0.1, 0.15) is 46.4 Å². The Balaban J connectivity index is 2.14. The summed E-state index contributed by atoms with van der Waals surface area (Å²) in [7, 11) is 0. The zero-order valence-corrected chi connectivity index (χ0v) is 14.1. The van der Waals surface area contributed by atoms with E-state index in [9.17, 15) is 4.79 Å². The second kappa shape index (κ2) is 6.02. The van der Waals surface area contributed by atoms with E-state index in [0.29, 0.717) is 0 Å². The van der Waals surface area contributed by atoms with Crippen molar-refractivity contribution < 1.29 is 9.53 Å². The SMILES string of the molecule is Cc1cc(C(=O)COc2ccccc2C(C)(C)C)c(C)s1. The fourth-order valence-electron chi connectivity index (χ4n) is 2.34. The highest BCUT2D eigenvalue weighted by Crippen LogP contribution is 2.31. The van der Waals surface area contributed by atoms with Gasteiger partial charge in [-0.1, -0.05) is 39.0 Å². The Morgan fingerprint density at radius 2 is 1.86 bits per heavy atom. The van der Waals surface area contributed by atoms with Crippen LogP contribution in [0.25, 0.3) is 0 Å². The van der Waals surface area contributed by atoms with E-state index < -0.39 is 0 Å². The smallest absolute Gasteiger partial charge is 0.201 e. The second-order valence-corrected chi connectivity index (χ2v) is 7.75. The molecule has 0 radical (unpaired) electrons. The molecule has 0 saturated heterocycles. The van der Waals surface area contributed by atoms with Crippen LogP contribution in [0, 0.1) is 13.8 Å². The van der Waals surface area contributed by atoms with E-state index in [0.717, 1.165) is 26.6 Å². The highest BCUT2D eigenvalue weighted by Gasteiger charge is 2.19. The Hall–Kier alpha value is -1.61. The van der Waals surface area contributed by atoms with E-state index in [1.807, 2.05) is 38.1 Å². The first kappa shape index (κ1) is 15.8. The number of ketones is 1. The minimum atomic E-state index is -0.00543. The molecule has 0 amide bonds. The van der Waals surface area contributed by atoms with Crippen LogP contribution in [0.4, 0.5) is 0 Å². The number of thiophene rings is 1. The molecule has 1 aromatic heterocycles. The molecule has 0 atom stereocenters. The second-order valence-electron chi connectivity index (χ2n) is 6.28. The lowest BCUT2D eigenvalue weighted by Gasteiger charge is -2.22. The molecule has 2 aromatic rings. The number of hydrogen-bond acceptors (Lipinski definition) is 3. The number of rotatable bonds is 4. The minimum absolute atomic E-state index is 0.00543. The molecule has 0 bridgehead atoms. The number of carbonyl (C=O) groups is 1. The van der Waals surface area contributed by atoms with Crippen LogP contribution in [0.15, 0.2) is 30.3 Å². The maximum Gasteiger partial charge on any atom is 0.201 e. The van der Waals surface area contributed by atoms with Gasteiger partial charge in [0.15, 0.2) is 6.61 Å². The highest BCUT2D eigenvalue weighted by molar-refractivity contribution is 7.12. The van der Waals surface area contributed by atoms with Crippen molar-refractivity contribution in [2.75, 3.05) is 6.61 Å². The van der Waals surface area contributed by atoms with Crippen LogP contribution in [0.5, 0.6) is 5.75 Å². The average molecular weight is 302 g/mol. The molecule has 0 aliphatic heterocycles. The highest BCUT2D eigenvalue weighted by atomic mass is 32.1. The number of Topliss-reactive ketones (excluding diaryl/α,β-unsaturated/α-hetero) is 1. The van der Waals surface area contributed by atoms with Crippen molar-refractivity contribution in [1.29, 1.82) is 0 Å². The summed E-state index contributed by atoms with van der Waals surface area (Å²) in [5, 5.41) is 0. The molecule has 2 rings (SSSR count). The van der Waals surface area contributed by atoms with Gasteiger partial charge >= 0.3 is 0 Å². The first-order chi connectivity index (χ1) is 9.79. The molecule has 1 heterocycles. The first-order valence-corrected chi connectivity index (χ1v) is 7.93. The Labute approximate surface area is 130 Å². The third-order valence-electron chi connectivity index (χ3n) is 3.40. The molecule has 1 aromatic carbocycles. The third kappa shape index (κ3) is 3.73. The van der Waals surface area contributed by atoms with E-state index in [-0.39, 0.29) is 17.8 Å². The van der Waals surface area contributed by atoms with Gasteiger partial charge in [-0.25, -0.2) is 0 Å². The normalized spacial score (nSPS) is 11.5. The van der Waals surface area contributed by atoms with Gasteiger partial charge in [-0.2, -0.15) is 0 Å². The van der Waals surface area contributed by atoms with Gasteiger partial charge in [-0.05, 0) is 37.0 Å². The molecule has 0 unspecified atom stereocenters. The lowest BCUT2D eigenvalue weighted by Crippen LogP contribution is -2.17. The number of aryl methyl sites for hydroxylation is 2. The Morgan fingerprint density at radius 1 is 1.19 bits per heavy atom. The maximum atomic E-state index is 12.3. The lowest BCUT2D eigenvalue weighted by molar-refractivity contribution is 0.0920. The van der Waals surface area contributed by atoms with Gasteiger partial charge in [0.05, 0.1) is 0 Å². The molecule has 21 heavy (non-hydrogen) atoms. The minimum Gasteiger partial charge on any atom is -0.485 e. The standard InChI is InChI=1S/C18H22O2S/c1-12-10-14(13(2)21-12)16(19)11-20-17-9-7-6-8-15(17)18(3,4)5/h6-10H,11H2,1-5H3. The van der Waals surface area contributed by atoms with Crippen LogP contribution >= 0.6 is 11.3 Å². The number of hydrogen-bond donors (Lipinski definition) is 0. The molecule has 112 valence electrons. The Morgan fingerprint density at radius 3 is 2.43 bits per heavy atom. The summed E-state index contributed by atoms with van der Waals surface area (Å²) in [5.41, 5.74) is 1.90. The van der Waals surface area contributed by atoms with Crippen molar-refractivity contribution in [1.82, 2.24) is 0 Å². The molecular weight excluding hydrogens is 280 g/mol. The fourth-order valence-corrected chi connectivity index (χ4v) is 3.28. The summed E-state index contributed by atoms with van der Waals surface area (Å²) in [6.07, 6.45) is 0. The lowest BCUT2D eigenvalue weighted by atomic mass is 9.86. The molecule has 0 N–H and O–H groups in total. The number of para-hydroxylation sites is 1. The van der Waals surface area contributed by atoms with Crippen LogP contribution in [-0.2, 0) is 5.41 Å². The summed E-state index contributed by atoms with van der Waals surface area (Å²) in [5.74, 6) is 0.837. The average Bonchev–Trinajstić information content (AvgIpc) is 2.74. The van der Waals surface area contributed by atoms with E-state index in [4.69, 9.17) is 4.74 Å². The van der Waals surface area contributed by atoms with E-state index in [2.05, 4.69) is 26.8 Å². The van der Waals surface area contributed by atoms with E-state index in [1.165, 1.54) is 0 Å². The van der Waals surface area contributed by atoms with Crippen LogP contribution < -0.4 is 4.74 Å². The van der Waals surface area contributed by atoms with Crippen LogP contribution in [0.2, 0.25) is 0 Å². The summed E-state index contributed by atoms with van der Waals surface area (Å²) in [6, 6.07) is 9.87. The molecule has 2 nitrogen and oxygen atoms in total. The van der Waals surface area contributed by atoms with Gasteiger partial charge in [0, 0.05) is 15.3 Å². The van der Waals surface area contributed by atoms with Crippen LogP contribution in [-0.4, -0.2) is 12.4 Å². The zero-order valence-electron chi connectivity index (χ0n) is 13.3. The number of ether oxygens (including phenoxy) is 1. The van der Waals surface area contributed by atoms with Crippen molar-refractivity contribution in [2.24, 2.45) is 0 Å². The fraction of sp³-hybridized carbons (Fsp3) is 0.389. The molecule has 3 heteroatoms. The third-order valence-corrected chi connectivity index (χ3v) is 4.36. The monoisotopic (exact) mass is 302 g/mol. The zero-order chi connectivity index (χ0) is 15.6. The van der Waals surface area contributed by atoms with Crippen LogP contribution in [0.3, 0.4) is 0 Å².